The van der Waals surface area contributed by atoms with Crippen LogP contribution in [0.5, 0.6) is 0 Å². The van der Waals surface area contributed by atoms with E-state index in [-0.39, 0.29) is 5.60 Å². The maximum atomic E-state index is 5.74. The molecule has 0 radical (unpaired) electrons. The van der Waals surface area contributed by atoms with Gasteiger partial charge in [0, 0.05) is 6.61 Å². The van der Waals surface area contributed by atoms with Crippen LogP contribution in [-0.2, 0) is 11.2 Å². The SMILES string of the molecule is CC(C)(C)OCCCc1ccc2ccccc2c1. The summed E-state index contributed by atoms with van der Waals surface area (Å²) in [5, 5.41) is 2.64. The van der Waals surface area contributed by atoms with Crippen LogP contribution in [0, 0.1) is 0 Å². The second kappa shape index (κ2) is 5.53. The average molecular weight is 242 g/mol. The molecule has 1 nitrogen and oxygen atoms in total. The molecule has 0 fully saturated rings. The number of hydrogen-bond acceptors (Lipinski definition) is 1. The Morgan fingerprint density at radius 2 is 1.67 bits per heavy atom. The van der Waals surface area contributed by atoms with Crippen LogP contribution in [-0.4, -0.2) is 12.2 Å². The number of ether oxygens (including phenoxy) is 1. The summed E-state index contributed by atoms with van der Waals surface area (Å²) >= 11 is 0. The molecule has 0 saturated carbocycles. The summed E-state index contributed by atoms with van der Waals surface area (Å²) < 4.78 is 5.74. The molecule has 0 amide bonds. The smallest absolute Gasteiger partial charge is 0.0598 e. The Morgan fingerprint density at radius 3 is 2.39 bits per heavy atom. The molecule has 0 bridgehead atoms. The quantitative estimate of drug-likeness (QED) is 0.713. The molecule has 1 heteroatoms. The molecule has 0 aliphatic heterocycles. The van der Waals surface area contributed by atoms with Crippen LogP contribution in [0.1, 0.15) is 32.8 Å². The zero-order valence-electron chi connectivity index (χ0n) is 11.6. The molecule has 2 rings (SSSR count). The Hall–Kier alpha value is -1.34. The molecule has 2 aromatic carbocycles. The topological polar surface area (TPSA) is 9.23 Å². The van der Waals surface area contributed by atoms with Gasteiger partial charge in [-0.25, -0.2) is 0 Å². The molecule has 0 aliphatic carbocycles. The minimum Gasteiger partial charge on any atom is -0.376 e. The molecule has 0 unspecified atom stereocenters. The van der Waals surface area contributed by atoms with E-state index in [9.17, 15) is 0 Å². The molecule has 0 atom stereocenters. The third-order valence-electron chi connectivity index (χ3n) is 2.96. The van der Waals surface area contributed by atoms with E-state index >= 15 is 0 Å². The van der Waals surface area contributed by atoms with Gasteiger partial charge in [-0.15, -0.1) is 0 Å². The number of rotatable bonds is 4. The molecule has 0 spiro atoms. The van der Waals surface area contributed by atoms with E-state index in [4.69, 9.17) is 4.74 Å². The van der Waals surface area contributed by atoms with Crippen LogP contribution in [0.25, 0.3) is 10.8 Å². The minimum atomic E-state index is -0.0244. The molecule has 0 aromatic heterocycles. The Balaban J connectivity index is 1.92. The molecule has 0 N–H and O–H groups in total. The first kappa shape index (κ1) is 13.1. The second-order valence-corrected chi connectivity index (χ2v) is 5.75. The van der Waals surface area contributed by atoms with E-state index in [2.05, 4.69) is 63.2 Å². The van der Waals surface area contributed by atoms with E-state index < -0.39 is 0 Å². The van der Waals surface area contributed by atoms with Gasteiger partial charge in [0.1, 0.15) is 0 Å². The fourth-order valence-electron chi connectivity index (χ4n) is 2.05. The lowest BCUT2D eigenvalue weighted by atomic mass is 10.0. The highest BCUT2D eigenvalue weighted by molar-refractivity contribution is 5.82. The van der Waals surface area contributed by atoms with Crippen LogP contribution in [0.4, 0.5) is 0 Å². The zero-order valence-corrected chi connectivity index (χ0v) is 11.6. The van der Waals surface area contributed by atoms with Crippen molar-refractivity contribution in [1.29, 1.82) is 0 Å². The Bertz CT molecular complexity index is 508. The lowest BCUT2D eigenvalue weighted by Gasteiger charge is -2.19. The monoisotopic (exact) mass is 242 g/mol. The highest BCUT2D eigenvalue weighted by atomic mass is 16.5. The van der Waals surface area contributed by atoms with E-state index in [1.54, 1.807) is 0 Å². The highest BCUT2D eigenvalue weighted by Crippen LogP contribution is 2.17. The van der Waals surface area contributed by atoms with Crippen LogP contribution in [0.3, 0.4) is 0 Å². The summed E-state index contributed by atoms with van der Waals surface area (Å²) in [5.41, 5.74) is 1.37. The molecule has 0 aliphatic rings. The van der Waals surface area contributed by atoms with E-state index in [0.29, 0.717) is 0 Å². The molecule has 0 heterocycles. The summed E-state index contributed by atoms with van der Waals surface area (Å²) in [5.74, 6) is 0. The normalized spacial score (nSPS) is 11.9. The summed E-state index contributed by atoms with van der Waals surface area (Å²) in [7, 11) is 0. The summed E-state index contributed by atoms with van der Waals surface area (Å²) in [6.45, 7) is 7.13. The van der Waals surface area contributed by atoms with Crippen molar-refractivity contribution in [3.05, 3.63) is 48.0 Å². The summed E-state index contributed by atoms with van der Waals surface area (Å²) in [6, 6.07) is 15.2. The zero-order chi connectivity index (χ0) is 13.0. The third-order valence-corrected chi connectivity index (χ3v) is 2.96. The van der Waals surface area contributed by atoms with Gasteiger partial charge in [-0.05, 0) is 49.9 Å². The van der Waals surface area contributed by atoms with Crippen molar-refractivity contribution in [2.24, 2.45) is 0 Å². The largest absolute Gasteiger partial charge is 0.376 e. The Labute approximate surface area is 110 Å². The van der Waals surface area contributed by atoms with Crippen molar-refractivity contribution in [2.45, 2.75) is 39.2 Å². The second-order valence-electron chi connectivity index (χ2n) is 5.75. The van der Waals surface area contributed by atoms with Crippen molar-refractivity contribution >= 4 is 10.8 Å². The fraction of sp³-hybridized carbons (Fsp3) is 0.412. The Morgan fingerprint density at radius 1 is 0.944 bits per heavy atom. The van der Waals surface area contributed by atoms with Gasteiger partial charge in [0.2, 0.25) is 0 Å². The standard InChI is InChI=1S/C17H22O/c1-17(2,3)18-12-6-7-14-10-11-15-8-4-5-9-16(15)13-14/h4-5,8-11,13H,6-7,12H2,1-3H3. The van der Waals surface area contributed by atoms with Crippen LogP contribution < -0.4 is 0 Å². The van der Waals surface area contributed by atoms with Crippen LogP contribution in [0.15, 0.2) is 42.5 Å². The fourth-order valence-corrected chi connectivity index (χ4v) is 2.05. The van der Waals surface area contributed by atoms with Crippen molar-refractivity contribution in [3.63, 3.8) is 0 Å². The first-order chi connectivity index (χ1) is 8.54. The van der Waals surface area contributed by atoms with Crippen LogP contribution in [0.2, 0.25) is 0 Å². The van der Waals surface area contributed by atoms with Gasteiger partial charge in [0.15, 0.2) is 0 Å². The van der Waals surface area contributed by atoms with E-state index in [1.165, 1.54) is 16.3 Å². The van der Waals surface area contributed by atoms with Crippen molar-refractivity contribution in [3.8, 4) is 0 Å². The van der Waals surface area contributed by atoms with Crippen molar-refractivity contribution in [1.82, 2.24) is 0 Å². The molecular formula is C17H22O. The highest BCUT2D eigenvalue weighted by Gasteiger charge is 2.08. The van der Waals surface area contributed by atoms with Crippen molar-refractivity contribution < 1.29 is 4.74 Å². The first-order valence-electron chi connectivity index (χ1n) is 6.66. The van der Waals surface area contributed by atoms with Crippen molar-refractivity contribution in [2.75, 3.05) is 6.61 Å². The molecular weight excluding hydrogens is 220 g/mol. The lowest BCUT2D eigenvalue weighted by Crippen LogP contribution is -2.19. The van der Waals surface area contributed by atoms with E-state index in [1.807, 2.05) is 0 Å². The van der Waals surface area contributed by atoms with Gasteiger partial charge in [-0.3, -0.25) is 0 Å². The number of benzene rings is 2. The number of fused-ring (bicyclic) bond motifs is 1. The van der Waals surface area contributed by atoms with E-state index in [0.717, 1.165) is 19.4 Å². The Kier molecular flexibility index (Phi) is 4.03. The molecule has 2 aromatic rings. The minimum absolute atomic E-state index is 0.0244. The average Bonchev–Trinajstić information content (AvgIpc) is 2.33. The number of hydrogen-bond donors (Lipinski definition) is 0. The molecule has 18 heavy (non-hydrogen) atoms. The number of aryl methyl sites for hydroxylation is 1. The predicted molar refractivity (Wildman–Crippen MR) is 78.0 cm³/mol. The first-order valence-corrected chi connectivity index (χ1v) is 6.66. The third kappa shape index (κ3) is 3.85. The summed E-state index contributed by atoms with van der Waals surface area (Å²) in [4.78, 5) is 0. The van der Waals surface area contributed by atoms with Gasteiger partial charge < -0.3 is 4.74 Å². The van der Waals surface area contributed by atoms with Crippen LogP contribution >= 0.6 is 0 Å². The summed E-state index contributed by atoms with van der Waals surface area (Å²) in [6.07, 6.45) is 2.16. The van der Waals surface area contributed by atoms with Gasteiger partial charge in [0.05, 0.1) is 5.60 Å². The van der Waals surface area contributed by atoms with Gasteiger partial charge in [-0.2, -0.15) is 0 Å². The van der Waals surface area contributed by atoms with Gasteiger partial charge in [-0.1, -0.05) is 42.5 Å². The van der Waals surface area contributed by atoms with Gasteiger partial charge >= 0.3 is 0 Å². The molecule has 96 valence electrons. The predicted octanol–water partition coefficient (Wildman–Crippen LogP) is 4.59. The maximum absolute atomic E-state index is 5.74. The molecule has 0 saturated heterocycles. The lowest BCUT2D eigenvalue weighted by molar-refractivity contribution is -0.00384. The maximum Gasteiger partial charge on any atom is 0.0598 e. The van der Waals surface area contributed by atoms with Gasteiger partial charge in [0.25, 0.3) is 0 Å².